The quantitative estimate of drug-likeness (QED) is 0.327. The number of amides is 1. The number of anilines is 1. The summed E-state index contributed by atoms with van der Waals surface area (Å²) in [4.78, 5) is 17.1. The number of oxazole rings is 1. The van der Waals surface area contributed by atoms with Crippen LogP contribution in [0.5, 0.6) is 0 Å². The SMILES string of the molecule is O=C(Nc1ccc2oc(-c3cccc4c(Cl)cccc34)nc2c1)c1ccc(Cl)cc1. The smallest absolute Gasteiger partial charge is 0.255 e. The van der Waals surface area contributed by atoms with E-state index >= 15 is 0 Å². The molecule has 1 aromatic heterocycles. The van der Waals surface area contributed by atoms with Crippen LogP contribution in [0.25, 0.3) is 33.3 Å². The van der Waals surface area contributed by atoms with Gasteiger partial charge in [0.05, 0.1) is 0 Å². The van der Waals surface area contributed by atoms with Gasteiger partial charge in [-0.3, -0.25) is 4.79 Å². The van der Waals surface area contributed by atoms with Gasteiger partial charge in [-0.2, -0.15) is 0 Å². The van der Waals surface area contributed by atoms with E-state index in [9.17, 15) is 4.79 Å². The van der Waals surface area contributed by atoms with Gasteiger partial charge in [0.25, 0.3) is 5.91 Å². The summed E-state index contributed by atoms with van der Waals surface area (Å²) >= 11 is 12.2. The summed E-state index contributed by atoms with van der Waals surface area (Å²) in [7, 11) is 0. The Labute approximate surface area is 182 Å². The Bertz CT molecular complexity index is 1410. The van der Waals surface area contributed by atoms with Crippen LogP contribution in [0.3, 0.4) is 0 Å². The van der Waals surface area contributed by atoms with E-state index in [0.717, 1.165) is 16.3 Å². The Morgan fingerprint density at radius 3 is 2.47 bits per heavy atom. The molecule has 0 bridgehead atoms. The summed E-state index contributed by atoms with van der Waals surface area (Å²) in [6, 6.07) is 23.7. The molecule has 0 saturated heterocycles. The number of fused-ring (bicyclic) bond motifs is 2. The van der Waals surface area contributed by atoms with Gasteiger partial charge in [-0.25, -0.2) is 4.98 Å². The lowest BCUT2D eigenvalue weighted by atomic mass is 10.0. The second kappa shape index (κ2) is 7.48. The maximum Gasteiger partial charge on any atom is 0.255 e. The largest absolute Gasteiger partial charge is 0.436 e. The fraction of sp³-hybridized carbons (Fsp3) is 0. The standard InChI is InChI=1S/C24H14Cl2N2O2/c25-15-9-7-14(8-10-15)23(29)27-16-11-12-22-21(13-16)28-24(30-22)19-5-1-4-18-17(19)3-2-6-20(18)26/h1-13H,(H,27,29). The van der Waals surface area contributed by atoms with Gasteiger partial charge >= 0.3 is 0 Å². The van der Waals surface area contributed by atoms with E-state index < -0.39 is 0 Å². The van der Waals surface area contributed by atoms with Crippen LogP contribution < -0.4 is 5.32 Å². The average molecular weight is 433 g/mol. The molecule has 0 saturated carbocycles. The van der Waals surface area contributed by atoms with Crippen LogP contribution in [-0.4, -0.2) is 10.9 Å². The van der Waals surface area contributed by atoms with E-state index in [0.29, 0.717) is 38.3 Å². The number of rotatable bonds is 3. The number of benzene rings is 4. The van der Waals surface area contributed by atoms with Gasteiger partial charge in [0.2, 0.25) is 5.89 Å². The van der Waals surface area contributed by atoms with E-state index in [1.54, 1.807) is 42.5 Å². The Kier molecular flexibility index (Phi) is 4.66. The Hall–Kier alpha value is -3.34. The summed E-state index contributed by atoms with van der Waals surface area (Å²) in [6.45, 7) is 0. The molecule has 4 nitrogen and oxygen atoms in total. The second-order valence-electron chi connectivity index (χ2n) is 6.80. The molecule has 4 aromatic carbocycles. The molecule has 5 rings (SSSR count). The number of aromatic nitrogens is 1. The van der Waals surface area contributed by atoms with Gasteiger partial charge in [-0.1, -0.05) is 47.5 Å². The van der Waals surface area contributed by atoms with Crippen LogP contribution in [0.2, 0.25) is 10.0 Å². The van der Waals surface area contributed by atoms with Crippen molar-refractivity contribution in [3.63, 3.8) is 0 Å². The molecule has 1 N–H and O–H groups in total. The highest BCUT2D eigenvalue weighted by Crippen LogP contribution is 2.34. The predicted octanol–water partition coefficient (Wildman–Crippen LogP) is 7.21. The molecule has 5 aromatic rings. The van der Waals surface area contributed by atoms with Crippen molar-refractivity contribution in [3.8, 4) is 11.5 Å². The molecule has 0 aliphatic heterocycles. The van der Waals surface area contributed by atoms with Gasteiger partial charge < -0.3 is 9.73 Å². The molecule has 146 valence electrons. The van der Waals surface area contributed by atoms with Gasteiger partial charge in [0.1, 0.15) is 5.52 Å². The van der Waals surface area contributed by atoms with Crippen molar-refractivity contribution in [2.75, 3.05) is 5.32 Å². The maximum atomic E-state index is 12.5. The molecular weight excluding hydrogens is 419 g/mol. The van der Waals surface area contributed by atoms with Crippen LogP contribution in [-0.2, 0) is 0 Å². The van der Waals surface area contributed by atoms with Crippen LogP contribution >= 0.6 is 23.2 Å². The van der Waals surface area contributed by atoms with Crippen molar-refractivity contribution < 1.29 is 9.21 Å². The van der Waals surface area contributed by atoms with Crippen molar-refractivity contribution in [2.45, 2.75) is 0 Å². The molecule has 0 spiro atoms. The normalized spacial score (nSPS) is 11.1. The van der Waals surface area contributed by atoms with Gasteiger partial charge in [-0.15, -0.1) is 0 Å². The number of hydrogen-bond acceptors (Lipinski definition) is 3. The minimum atomic E-state index is -0.224. The lowest BCUT2D eigenvalue weighted by molar-refractivity contribution is 0.102. The van der Waals surface area contributed by atoms with Crippen LogP contribution in [0.4, 0.5) is 5.69 Å². The van der Waals surface area contributed by atoms with Gasteiger partial charge in [-0.05, 0) is 60.0 Å². The summed E-state index contributed by atoms with van der Waals surface area (Å²) in [5.74, 6) is 0.275. The van der Waals surface area contributed by atoms with Crippen LogP contribution in [0, 0.1) is 0 Å². The molecule has 6 heteroatoms. The molecule has 0 radical (unpaired) electrons. The van der Waals surface area contributed by atoms with Crippen LogP contribution in [0.1, 0.15) is 10.4 Å². The third-order valence-corrected chi connectivity index (χ3v) is 5.43. The molecule has 30 heavy (non-hydrogen) atoms. The minimum absolute atomic E-state index is 0.224. The molecule has 0 aliphatic rings. The molecule has 1 amide bonds. The van der Waals surface area contributed by atoms with E-state index in [2.05, 4.69) is 10.3 Å². The highest BCUT2D eigenvalue weighted by Gasteiger charge is 2.14. The Balaban J connectivity index is 1.50. The zero-order chi connectivity index (χ0) is 20.7. The van der Waals surface area contributed by atoms with Crippen LogP contribution in [0.15, 0.2) is 83.3 Å². The number of halogens is 2. The maximum absolute atomic E-state index is 12.5. The molecule has 0 aliphatic carbocycles. The van der Waals surface area contributed by atoms with Gasteiger partial charge in [0.15, 0.2) is 5.58 Å². The zero-order valence-electron chi connectivity index (χ0n) is 15.5. The van der Waals surface area contributed by atoms with Crippen molar-refractivity contribution in [1.29, 1.82) is 0 Å². The third kappa shape index (κ3) is 3.41. The summed E-state index contributed by atoms with van der Waals surface area (Å²) < 4.78 is 5.98. The first-order valence-electron chi connectivity index (χ1n) is 9.23. The summed E-state index contributed by atoms with van der Waals surface area (Å²) in [5.41, 5.74) is 3.29. The molecule has 0 unspecified atom stereocenters. The van der Waals surface area contributed by atoms with E-state index in [-0.39, 0.29) is 5.91 Å². The van der Waals surface area contributed by atoms with Crippen molar-refractivity contribution in [1.82, 2.24) is 4.98 Å². The second-order valence-corrected chi connectivity index (χ2v) is 7.65. The minimum Gasteiger partial charge on any atom is -0.436 e. The first-order valence-corrected chi connectivity index (χ1v) is 9.99. The Morgan fingerprint density at radius 2 is 1.63 bits per heavy atom. The number of carbonyl (C=O) groups is 1. The fourth-order valence-electron chi connectivity index (χ4n) is 3.38. The van der Waals surface area contributed by atoms with Gasteiger partial charge in [0, 0.05) is 32.2 Å². The molecular formula is C24H14Cl2N2O2. The number of hydrogen-bond donors (Lipinski definition) is 1. The van der Waals surface area contributed by atoms with Crippen molar-refractivity contribution >= 4 is 56.7 Å². The molecule has 1 heterocycles. The van der Waals surface area contributed by atoms with E-state index in [4.69, 9.17) is 27.6 Å². The lowest BCUT2D eigenvalue weighted by Gasteiger charge is -2.05. The van der Waals surface area contributed by atoms with E-state index in [1.165, 1.54) is 0 Å². The van der Waals surface area contributed by atoms with Crippen molar-refractivity contribution in [2.24, 2.45) is 0 Å². The summed E-state index contributed by atoms with van der Waals surface area (Å²) in [5, 5.41) is 6.04. The Morgan fingerprint density at radius 1 is 0.867 bits per heavy atom. The van der Waals surface area contributed by atoms with Crippen molar-refractivity contribution in [3.05, 3.63) is 94.5 Å². The fourth-order valence-corrected chi connectivity index (χ4v) is 3.75. The number of nitrogens with zero attached hydrogens (tertiary/aromatic N) is 1. The predicted molar refractivity (Wildman–Crippen MR) is 121 cm³/mol. The highest BCUT2D eigenvalue weighted by atomic mass is 35.5. The number of carbonyl (C=O) groups excluding carboxylic acids is 1. The average Bonchev–Trinajstić information content (AvgIpc) is 3.17. The van der Waals surface area contributed by atoms with E-state index in [1.807, 2.05) is 36.4 Å². The highest BCUT2D eigenvalue weighted by molar-refractivity contribution is 6.35. The first kappa shape index (κ1) is 18.7. The number of nitrogens with one attached hydrogen (secondary N) is 1. The molecule has 0 fully saturated rings. The third-order valence-electron chi connectivity index (χ3n) is 4.85. The summed E-state index contributed by atoms with van der Waals surface area (Å²) in [6.07, 6.45) is 0. The topological polar surface area (TPSA) is 55.1 Å². The lowest BCUT2D eigenvalue weighted by Crippen LogP contribution is -2.11. The zero-order valence-corrected chi connectivity index (χ0v) is 17.0. The first-order chi connectivity index (χ1) is 14.6. The molecule has 0 atom stereocenters. The monoisotopic (exact) mass is 432 g/mol.